The van der Waals surface area contributed by atoms with Crippen LogP contribution in [0.3, 0.4) is 0 Å². The summed E-state index contributed by atoms with van der Waals surface area (Å²) < 4.78 is 0. The van der Waals surface area contributed by atoms with Gasteiger partial charge in [-0.15, -0.1) is 11.3 Å². The van der Waals surface area contributed by atoms with Crippen molar-refractivity contribution in [2.75, 3.05) is 12.3 Å². The minimum Gasteiger partial charge on any atom is -0.480 e. The molecule has 0 radical (unpaired) electrons. The average Bonchev–Trinajstić information content (AvgIpc) is 3.09. The minimum atomic E-state index is -1.06. The highest BCUT2D eigenvalue weighted by molar-refractivity contribution is 7.98. The maximum absolute atomic E-state index is 12.3. The number of carbonyl (C=O) groups excluding carboxylic acids is 1. The van der Waals surface area contributed by atoms with E-state index in [2.05, 4.69) is 15.3 Å². The Morgan fingerprint density at radius 1 is 1.38 bits per heavy atom. The molecule has 1 aliphatic rings. The van der Waals surface area contributed by atoms with Crippen LogP contribution in [0.25, 0.3) is 10.2 Å². The number of nitrogens with zero attached hydrogens (tertiary/aromatic N) is 1. The van der Waals surface area contributed by atoms with E-state index in [0.717, 1.165) is 35.0 Å². The van der Waals surface area contributed by atoms with Crippen molar-refractivity contribution in [3.8, 4) is 0 Å². The quantitative estimate of drug-likeness (QED) is 0.636. The number of aliphatic carboxylic acids is 1. The molecule has 0 bridgehead atoms. The van der Waals surface area contributed by atoms with Gasteiger partial charge in [0.1, 0.15) is 17.2 Å². The summed E-state index contributed by atoms with van der Waals surface area (Å²) in [6, 6.07) is 0. The Balaban J connectivity index is 1.56. The average molecular weight is 367 g/mol. The van der Waals surface area contributed by atoms with Gasteiger partial charge in [-0.1, -0.05) is 0 Å². The van der Waals surface area contributed by atoms with Crippen molar-refractivity contribution in [1.82, 2.24) is 15.3 Å². The van der Waals surface area contributed by atoms with Gasteiger partial charge in [-0.2, -0.15) is 11.8 Å². The third-order valence-corrected chi connectivity index (χ3v) is 5.93. The summed E-state index contributed by atoms with van der Waals surface area (Å²) in [6.07, 6.45) is 3.33. The number of thioether (sulfide) groups is 1. The minimum absolute atomic E-state index is 0.0748. The Bertz CT molecular complexity index is 843. The van der Waals surface area contributed by atoms with Gasteiger partial charge >= 0.3 is 5.97 Å². The van der Waals surface area contributed by atoms with Crippen molar-refractivity contribution < 1.29 is 14.7 Å². The molecule has 3 rings (SSSR count). The number of nitrogens with one attached hydrogen (secondary N) is 2. The molecular weight excluding hydrogens is 350 g/mol. The molecule has 0 aliphatic heterocycles. The molecule has 0 saturated heterocycles. The molecule has 9 heteroatoms. The Kier molecular flexibility index (Phi) is 5.20. The first kappa shape index (κ1) is 17.0. The van der Waals surface area contributed by atoms with E-state index < -0.39 is 5.97 Å². The topological polar surface area (TPSA) is 112 Å². The third kappa shape index (κ3) is 3.78. The molecule has 3 N–H and O–H groups in total. The van der Waals surface area contributed by atoms with E-state index in [1.807, 2.05) is 0 Å². The summed E-state index contributed by atoms with van der Waals surface area (Å²) in [5.74, 6) is 0.308. The fraction of sp³-hybridized carbons (Fsp3) is 0.467. The molecule has 0 saturated carbocycles. The number of carboxylic acids is 1. The number of hydrogen-bond acceptors (Lipinski definition) is 6. The lowest BCUT2D eigenvalue weighted by molar-refractivity contribution is -0.137. The van der Waals surface area contributed by atoms with Crippen LogP contribution in [0, 0.1) is 0 Å². The van der Waals surface area contributed by atoms with E-state index in [1.165, 1.54) is 16.6 Å². The molecule has 0 spiro atoms. The van der Waals surface area contributed by atoms with Gasteiger partial charge in [-0.3, -0.25) is 14.4 Å². The van der Waals surface area contributed by atoms with Gasteiger partial charge in [0.2, 0.25) is 5.91 Å². The molecule has 2 aromatic heterocycles. The second-order valence-electron chi connectivity index (χ2n) is 5.52. The molecule has 1 amide bonds. The molecule has 0 atom stereocenters. The molecule has 2 heterocycles. The maximum Gasteiger partial charge on any atom is 0.322 e. The molecule has 0 unspecified atom stereocenters. The van der Waals surface area contributed by atoms with Crippen molar-refractivity contribution in [3.05, 3.63) is 26.6 Å². The van der Waals surface area contributed by atoms with Crippen LogP contribution in [0.5, 0.6) is 0 Å². The number of aryl methyl sites for hydroxylation is 2. The van der Waals surface area contributed by atoms with Crippen LogP contribution >= 0.6 is 23.1 Å². The van der Waals surface area contributed by atoms with Gasteiger partial charge in [0, 0.05) is 17.1 Å². The lowest BCUT2D eigenvalue weighted by atomic mass is 10.2. The Morgan fingerprint density at radius 2 is 2.21 bits per heavy atom. The zero-order chi connectivity index (χ0) is 17.1. The van der Waals surface area contributed by atoms with Crippen molar-refractivity contribution >= 4 is 45.2 Å². The number of fused-ring (bicyclic) bond motifs is 3. The highest BCUT2D eigenvalue weighted by Crippen LogP contribution is 2.34. The number of thiophene rings is 1. The number of carbonyl (C=O) groups is 2. The number of carboxylic acid groups (broad SMARTS) is 1. The highest BCUT2D eigenvalue weighted by Gasteiger charge is 2.21. The van der Waals surface area contributed by atoms with Crippen LogP contribution in [0.4, 0.5) is 0 Å². The van der Waals surface area contributed by atoms with Crippen LogP contribution < -0.4 is 10.9 Å². The van der Waals surface area contributed by atoms with Crippen molar-refractivity contribution in [1.29, 1.82) is 0 Å². The van der Waals surface area contributed by atoms with Gasteiger partial charge < -0.3 is 15.4 Å². The lowest BCUT2D eigenvalue weighted by Crippen LogP contribution is -2.29. The van der Waals surface area contributed by atoms with Crippen LogP contribution in [0.2, 0.25) is 0 Å². The SMILES string of the molecule is O=C(O)CNC(=O)CCSCc1nc2sc3c(c2c(=O)[nH]1)CCC3. The van der Waals surface area contributed by atoms with E-state index in [1.54, 1.807) is 11.3 Å². The Labute approximate surface area is 145 Å². The number of aromatic amines is 1. The summed E-state index contributed by atoms with van der Waals surface area (Å²) in [6.45, 7) is -0.363. The summed E-state index contributed by atoms with van der Waals surface area (Å²) in [4.78, 5) is 43.5. The number of rotatable bonds is 7. The molecular formula is C15H17N3O4S2. The fourth-order valence-corrected chi connectivity index (χ4v) is 4.80. The largest absolute Gasteiger partial charge is 0.480 e. The number of H-pyrrole nitrogens is 1. The van der Waals surface area contributed by atoms with E-state index in [4.69, 9.17) is 5.11 Å². The first-order chi connectivity index (χ1) is 11.5. The zero-order valence-corrected chi connectivity index (χ0v) is 14.5. The van der Waals surface area contributed by atoms with Gasteiger partial charge in [-0.25, -0.2) is 4.98 Å². The number of aromatic nitrogens is 2. The van der Waals surface area contributed by atoms with Gasteiger partial charge in [0.25, 0.3) is 5.56 Å². The second-order valence-corrected chi connectivity index (χ2v) is 7.71. The van der Waals surface area contributed by atoms with Crippen molar-refractivity contribution in [2.45, 2.75) is 31.4 Å². The molecule has 2 aromatic rings. The molecule has 7 nitrogen and oxygen atoms in total. The first-order valence-electron chi connectivity index (χ1n) is 7.64. The molecule has 1 aliphatic carbocycles. The Morgan fingerprint density at radius 3 is 3.00 bits per heavy atom. The Hall–Kier alpha value is -1.87. The van der Waals surface area contributed by atoms with E-state index >= 15 is 0 Å². The summed E-state index contributed by atoms with van der Waals surface area (Å²) in [7, 11) is 0. The fourth-order valence-electron chi connectivity index (χ4n) is 2.71. The smallest absolute Gasteiger partial charge is 0.322 e. The summed E-state index contributed by atoms with van der Waals surface area (Å²) >= 11 is 3.09. The molecule has 24 heavy (non-hydrogen) atoms. The third-order valence-electron chi connectivity index (χ3n) is 3.77. The van der Waals surface area contributed by atoms with Crippen LogP contribution in [0.15, 0.2) is 4.79 Å². The van der Waals surface area contributed by atoms with Crippen LogP contribution in [0.1, 0.15) is 29.1 Å². The van der Waals surface area contributed by atoms with Crippen LogP contribution in [-0.4, -0.2) is 39.2 Å². The van der Waals surface area contributed by atoms with E-state index in [-0.39, 0.29) is 24.4 Å². The molecule has 0 aromatic carbocycles. The van der Waals surface area contributed by atoms with Gasteiger partial charge in [-0.05, 0) is 24.8 Å². The number of hydrogen-bond donors (Lipinski definition) is 3. The first-order valence-corrected chi connectivity index (χ1v) is 9.61. The highest BCUT2D eigenvalue weighted by atomic mass is 32.2. The predicted octanol–water partition coefficient (Wildman–Crippen LogP) is 1.30. The number of amides is 1. The summed E-state index contributed by atoms with van der Waals surface area (Å²) in [5.41, 5.74) is 1.09. The predicted molar refractivity (Wildman–Crippen MR) is 93.7 cm³/mol. The molecule has 0 fully saturated rings. The second kappa shape index (κ2) is 7.35. The lowest BCUT2D eigenvalue weighted by Gasteiger charge is -2.03. The zero-order valence-electron chi connectivity index (χ0n) is 12.9. The summed E-state index contributed by atoms with van der Waals surface area (Å²) in [5, 5.41) is 11.5. The van der Waals surface area contributed by atoms with Crippen LogP contribution in [-0.2, 0) is 28.2 Å². The van der Waals surface area contributed by atoms with E-state index in [9.17, 15) is 14.4 Å². The monoisotopic (exact) mass is 367 g/mol. The maximum atomic E-state index is 12.3. The normalized spacial score (nSPS) is 13.2. The van der Waals surface area contributed by atoms with Gasteiger partial charge in [0.15, 0.2) is 0 Å². The van der Waals surface area contributed by atoms with Gasteiger partial charge in [0.05, 0.1) is 11.1 Å². The standard InChI is InChI=1S/C15H17N3O4S2/c19-11(16-6-12(20)21)4-5-23-7-10-17-14(22)13-8-2-1-3-9(8)24-15(13)18-10/h1-7H2,(H,16,19)(H,20,21)(H,17,18,22). The van der Waals surface area contributed by atoms with E-state index in [0.29, 0.717) is 17.3 Å². The van der Waals surface area contributed by atoms with Crippen molar-refractivity contribution in [3.63, 3.8) is 0 Å². The van der Waals surface area contributed by atoms with Crippen molar-refractivity contribution in [2.24, 2.45) is 0 Å². The molecule has 128 valence electrons.